The van der Waals surface area contributed by atoms with Crippen molar-refractivity contribution in [3.8, 4) is 5.75 Å². The molecule has 0 unspecified atom stereocenters. The number of methoxy groups -OCH3 is 1. The van der Waals surface area contributed by atoms with Gasteiger partial charge in [-0.05, 0) is 43.2 Å². The van der Waals surface area contributed by atoms with Crippen LogP contribution in [0.4, 0.5) is 24.5 Å². The van der Waals surface area contributed by atoms with Gasteiger partial charge in [0.05, 0.1) is 36.7 Å². The van der Waals surface area contributed by atoms with E-state index >= 15 is 0 Å². The van der Waals surface area contributed by atoms with Crippen molar-refractivity contribution in [2.75, 3.05) is 30.4 Å². The van der Waals surface area contributed by atoms with Crippen molar-refractivity contribution < 1.29 is 27.1 Å². The molecule has 3 aromatic rings. The molecule has 8 heteroatoms. The number of fused-ring (bicyclic) bond motifs is 1. The highest BCUT2D eigenvalue weighted by atomic mass is 19.4. The zero-order chi connectivity index (χ0) is 21.3. The van der Waals surface area contributed by atoms with Crippen molar-refractivity contribution in [3.05, 3.63) is 53.8 Å². The smallest absolute Gasteiger partial charge is 0.416 e. The minimum absolute atomic E-state index is 0.0188. The van der Waals surface area contributed by atoms with Crippen molar-refractivity contribution in [2.24, 2.45) is 0 Å². The number of alkyl halides is 3. The number of anilines is 2. The minimum Gasteiger partial charge on any atom is -0.497 e. The molecule has 30 heavy (non-hydrogen) atoms. The molecule has 1 aromatic heterocycles. The van der Waals surface area contributed by atoms with E-state index in [0.717, 1.165) is 43.5 Å². The fourth-order valence-electron chi connectivity index (χ4n) is 3.74. The first-order valence-electron chi connectivity index (χ1n) is 9.65. The van der Waals surface area contributed by atoms with Crippen LogP contribution in [0.15, 0.2) is 47.1 Å². The minimum atomic E-state index is -4.48. The second-order valence-electron chi connectivity index (χ2n) is 7.27. The van der Waals surface area contributed by atoms with Crippen molar-refractivity contribution >= 4 is 28.3 Å². The predicted octanol–water partition coefficient (Wildman–Crippen LogP) is 5.24. The van der Waals surface area contributed by atoms with E-state index in [1.54, 1.807) is 25.3 Å². The summed E-state index contributed by atoms with van der Waals surface area (Å²) in [6.45, 7) is 1.50. The number of benzene rings is 2. The van der Waals surface area contributed by atoms with Gasteiger partial charge in [-0.3, -0.25) is 4.79 Å². The van der Waals surface area contributed by atoms with E-state index in [1.165, 1.54) is 12.3 Å². The molecule has 0 saturated carbocycles. The van der Waals surface area contributed by atoms with Gasteiger partial charge >= 0.3 is 6.18 Å². The standard InChI is InChI=1S/C22H21F3N2O3/c1-29-16-5-6-17-14(13-30-20(17)12-16)10-21(28)26-18-11-15(22(23,24)25)4-7-19(18)27-8-2-3-9-27/h4-7,11-13H,2-3,8-10H2,1H3,(H,26,28). The molecule has 1 N–H and O–H groups in total. The van der Waals surface area contributed by atoms with Gasteiger partial charge in [0.1, 0.15) is 11.3 Å². The van der Waals surface area contributed by atoms with Crippen LogP contribution < -0.4 is 15.0 Å². The second kappa shape index (κ2) is 7.93. The first-order valence-corrected chi connectivity index (χ1v) is 9.65. The molecule has 2 heterocycles. The van der Waals surface area contributed by atoms with E-state index in [4.69, 9.17) is 9.15 Å². The van der Waals surface area contributed by atoms with Crippen LogP contribution in [0.5, 0.6) is 5.75 Å². The lowest BCUT2D eigenvalue weighted by atomic mass is 10.1. The van der Waals surface area contributed by atoms with E-state index in [2.05, 4.69) is 5.32 Å². The number of hydrogen-bond donors (Lipinski definition) is 1. The van der Waals surface area contributed by atoms with Gasteiger partial charge in [0, 0.05) is 30.1 Å². The first-order chi connectivity index (χ1) is 14.3. The Morgan fingerprint density at radius 2 is 1.93 bits per heavy atom. The number of nitrogens with zero attached hydrogens (tertiary/aromatic N) is 1. The summed E-state index contributed by atoms with van der Waals surface area (Å²) in [5, 5.41) is 3.44. The monoisotopic (exact) mass is 418 g/mol. The highest BCUT2D eigenvalue weighted by molar-refractivity contribution is 5.98. The predicted molar refractivity (Wildman–Crippen MR) is 108 cm³/mol. The molecular weight excluding hydrogens is 397 g/mol. The van der Waals surface area contributed by atoms with Crippen LogP contribution in [0.3, 0.4) is 0 Å². The third-order valence-corrected chi connectivity index (χ3v) is 5.26. The molecule has 1 aliphatic rings. The number of halogens is 3. The number of carbonyl (C=O) groups is 1. The Kier molecular flexibility index (Phi) is 5.32. The zero-order valence-electron chi connectivity index (χ0n) is 16.4. The summed E-state index contributed by atoms with van der Waals surface area (Å²) in [7, 11) is 1.55. The Morgan fingerprint density at radius 3 is 2.63 bits per heavy atom. The van der Waals surface area contributed by atoms with E-state index in [1.807, 2.05) is 4.90 Å². The summed E-state index contributed by atoms with van der Waals surface area (Å²) in [5.41, 5.74) is 1.22. The number of hydrogen-bond acceptors (Lipinski definition) is 4. The Bertz CT molecular complexity index is 1070. The molecule has 4 rings (SSSR count). The van der Waals surface area contributed by atoms with Crippen LogP contribution in [0.2, 0.25) is 0 Å². The van der Waals surface area contributed by atoms with Gasteiger partial charge in [0.2, 0.25) is 5.91 Å². The van der Waals surface area contributed by atoms with E-state index < -0.39 is 17.6 Å². The topological polar surface area (TPSA) is 54.7 Å². The number of carbonyl (C=O) groups excluding carboxylic acids is 1. The van der Waals surface area contributed by atoms with Crippen molar-refractivity contribution in [2.45, 2.75) is 25.4 Å². The lowest BCUT2D eigenvalue weighted by Crippen LogP contribution is -2.22. The van der Waals surface area contributed by atoms with Crippen LogP contribution in [0.1, 0.15) is 24.0 Å². The summed E-state index contributed by atoms with van der Waals surface area (Å²) < 4.78 is 50.3. The molecule has 1 aliphatic heterocycles. The highest BCUT2D eigenvalue weighted by Gasteiger charge is 2.32. The second-order valence-corrected chi connectivity index (χ2v) is 7.27. The van der Waals surface area contributed by atoms with Crippen LogP contribution in [-0.4, -0.2) is 26.1 Å². The van der Waals surface area contributed by atoms with Crippen molar-refractivity contribution in [1.29, 1.82) is 0 Å². The molecule has 2 aromatic carbocycles. The van der Waals surface area contributed by atoms with Gasteiger partial charge in [0.25, 0.3) is 0 Å². The molecule has 158 valence electrons. The number of amides is 1. The van der Waals surface area contributed by atoms with Crippen LogP contribution in [0, 0.1) is 0 Å². The molecule has 1 saturated heterocycles. The quantitative estimate of drug-likeness (QED) is 0.616. The largest absolute Gasteiger partial charge is 0.497 e. The molecule has 5 nitrogen and oxygen atoms in total. The highest BCUT2D eigenvalue weighted by Crippen LogP contribution is 2.36. The Hall–Kier alpha value is -3.16. The Balaban J connectivity index is 1.59. The fraction of sp³-hybridized carbons (Fsp3) is 0.318. The Morgan fingerprint density at radius 1 is 1.17 bits per heavy atom. The molecule has 0 radical (unpaired) electrons. The van der Waals surface area contributed by atoms with Gasteiger partial charge in [-0.15, -0.1) is 0 Å². The molecular formula is C22H21F3N2O3. The molecule has 0 atom stereocenters. The average molecular weight is 418 g/mol. The maximum atomic E-state index is 13.2. The van der Waals surface area contributed by atoms with Crippen LogP contribution >= 0.6 is 0 Å². The molecule has 1 fully saturated rings. The maximum Gasteiger partial charge on any atom is 0.416 e. The van der Waals surface area contributed by atoms with Gasteiger partial charge in [-0.1, -0.05) is 0 Å². The van der Waals surface area contributed by atoms with Gasteiger partial charge in [-0.2, -0.15) is 13.2 Å². The first kappa shape index (κ1) is 20.1. The number of furan rings is 1. The number of nitrogens with one attached hydrogen (secondary N) is 1. The van der Waals surface area contributed by atoms with Gasteiger partial charge in [-0.25, -0.2) is 0 Å². The molecule has 0 aliphatic carbocycles. The third-order valence-electron chi connectivity index (χ3n) is 5.26. The summed E-state index contributed by atoms with van der Waals surface area (Å²) >= 11 is 0. The van der Waals surface area contributed by atoms with E-state index in [9.17, 15) is 18.0 Å². The van der Waals surface area contributed by atoms with E-state index in [0.29, 0.717) is 22.6 Å². The third kappa shape index (κ3) is 4.08. The van der Waals surface area contributed by atoms with Crippen LogP contribution in [0.25, 0.3) is 11.0 Å². The SMILES string of the molecule is COc1ccc2c(CC(=O)Nc3cc(C(F)(F)F)ccc3N3CCCC3)coc2c1. The zero-order valence-corrected chi connectivity index (χ0v) is 16.4. The van der Waals surface area contributed by atoms with Crippen LogP contribution in [-0.2, 0) is 17.4 Å². The molecule has 0 bridgehead atoms. The average Bonchev–Trinajstić information content (AvgIpc) is 3.37. The number of ether oxygens (including phenoxy) is 1. The lowest BCUT2D eigenvalue weighted by Gasteiger charge is -2.23. The molecule has 1 amide bonds. The van der Waals surface area contributed by atoms with E-state index in [-0.39, 0.29) is 12.1 Å². The maximum absolute atomic E-state index is 13.2. The fourth-order valence-corrected chi connectivity index (χ4v) is 3.74. The van der Waals surface area contributed by atoms with Crippen molar-refractivity contribution in [1.82, 2.24) is 0 Å². The molecule has 0 spiro atoms. The number of rotatable bonds is 5. The summed E-state index contributed by atoms with van der Waals surface area (Å²) in [5.74, 6) is 0.223. The normalized spacial score (nSPS) is 14.3. The summed E-state index contributed by atoms with van der Waals surface area (Å²) in [6, 6.07) is 8.76. The van der Waals surface area contributed by atoms with Crippen molar-refractivity contribution in [3.63, 3.8) is 0 Å². The lowest BCUT2D eigenvalue weighted by molar-refractivity contribution is -0.137. The van der Waals surface area contributed by atoms with Gasteiger partial charge in [0.15, 0.2) is 0 Å². The summed E-state index contributed by atoms with van der Waals surface area (Å²) in [6.07, 6.45) is -1.08. The summed E-state index contributed by atoms with van der Waals surface area (Å²) in [4.78, 5) is 14.7. The Labute approximate surface area is 171 Å². The van der Waals surface area contributed by atoms with Gasteiger partial charge < -0.3 is 19.4 Å².